The van der Waals surface area contributed by atoms with Crippen LogP contribution in [0.2, 0.25) is 0 Å². The molecule has 1 aliphatic carbocycles. The van der Waals surface area contributed by atoms with Gasteiger partial charge in [0.15, 0.2) is 5.69 Å². The van der Waals surface area contributed by atoms with Gasteiger partial charge in [-0.3, -0.25) is 9.48 Å². The molecule has 0 bridgehead atoms. The molecule has 0 radical (unpaired) electrons. The third kappa shape index (κ3) is 4.22. The monoisotopic (exact) mass is 356 g/mol. The van der Waals surface area contributed by atoms with Crippen LogP contribution in [0.1, 0.15) is 41.4 Å². The first-order chi connectivity index (χ1) is 11.4. The first-order valence-electron chi connectivity index (χ1n) is 7.44. The van der Waals surface area contributed by atoms with Crippen molar-refractivity contribution < 1.29 is 18.0 Å². The number of carbonyl (C=O) groups excluding carboxylic acids is 1. The van der Waals surface area contributed by atoms with Gasteiger partial charge < -0.3 is 0 Å². The van der Waals surface area contributed by atoms with Gasteiger partial charge in [-0.1, -0.05) is 6.07 Å². The van der Waals surface area contributed by atoms with Crippen molar-refractivity contribution in [1.29, 1.82) is 0 Å². The topological polar surface area (TPSA) is 59.3 Å². The number of carbonyl (C=O) groups is 1. The van der Waals surface area contributed by atoms with Gasteiger partial charge in [-0.05, 0) is 30.4 Å². The highest BCUT2D eigenvalue weighted by atomic mass is 32.1. The molecule has 0 saturated heterocycles. The van der Waals surface area contributed by atoms with E-state index in [1.165, 1.54) is 22.2 Å². The lowest BCUT2D eigenvalue weighted by molar-refractivity contribution is -0.141. The molecular formula is C15H15F3N4OS. The number of alkyl halides is 3. The summed E-state index contributed by atoms with van der Waals surface area (Å²) in [6.07, 6.45) is -1.21. The molecule has 1 aliphatic rings. The van der Waals surface area contributed by atoms with Crippen LogP contribution < -0.4 is 5.43 Å². The van der Waals surface area contributed by atoms with E-state index in [1.807, 2.05) is 17.5 Å². The summed E-state index contributed by atoms with van der Waals surface area (Å²) in [5, 5.41) is 9.31. The van der Waals surface area contributed by atoms with Gasteiger partial charge in [-0.2, -0.15) is 23.4 Å². The van der Waals surface area contributed by atoms with Crippen LogP contribution in [-0.2, 0) is 17.5 Å². The number of rotatable bonds is 6. The molecule has 0 spiro atoms. The Hall–Kier alpha value is -2.16. The highest BCUT2D eigenvalue weighted by molar-refractivity contribution is 7.11. The minimum Gasteiger partial charge on any atom is -0.273 e. The van der Waals surface area contributed by atoms with Crippen molar-refractivity contribution in [2.24, 2.45) is 5.10 Å². The lowest BCUT2D eigenvalue weighted by Crippen LogP contribution is -2.20. The zero-order valence-electron chi connectivity index (χ0n) is 12.6. The summed E-state index contributed by atoms with van der Waals surface area (Å²) in [5.41, 5.74) is 2.02. The molecule has 3 rings (SSSR count). The predicted molar refractivity (Wildman–Crippen MR) is 83.9 cm³/mol. The lowest BCUT2D eigenvalue weighted by Gasteiger charge is -2.05. The average molecular weight is 356 g/mol. The second kappa shape index (κ2) is 6.76. The van der Waals surface area contributed by atoms with E-state index in [-0.39, 0.29) is 24.8 Å². The van der Waals surface area contributed by atoms with E-state index < -0.39 is 11.9 Å². The Morgan fingerprint density at radius 3 is 2.92 bits per heavy atom. The molecule has 128 valence electrons. The Morgan fingerprint density at radius 2 is 2.29 bits per heavy atom. The average Bonchev–Trinajstić information content (AvgIpc) is 3.06. The molecule has 2 aromatic rings. The minimum absolute atomic E-state index is 0.0144. The number of halogens is 3. The van der Waals surface area contributed by atoms with Gasteiger partial charge in [0, 0.05) is 22.9 Å². The summed E-state index contributed by atoms with van der Waals surface area (Å²) in [4.78, 5) is 12.7. The Balaban J connectivity index is 1.57. The second-order valence-electron chi connectivity index (χ2n) is 5.51. The number of aromatic nitrogens is 2. The molecule has 1 saturated carbocycles. The summed E-state index contributed by atoms with van der Waals surface area (Å²) in [7, 11) is 0. The van der Waals surface area contributed by atoms with Crippen molar-refractivity contribution in [1.82, 2.24) is 15.2 Å². The maximum atomic E-state index is 12.8. The molecule has 0 aliphatic heterocycles. The Kier molecular flexibility index (Phi) is 4.70. The molecule has 0 unspecified atom stereocenters. The molecule has 9 heteroatoms. The first kappa shape index (κ1) is 16.7. The summed E-state index contributed by atoms with van der Waals surface area (Å²) in [6, 6.07) is 4.80. The molecule has 5 nitrogen and oxygen atoms in total. The lowest BCUT2D eigenvalue weighted by atomic mass is 10.2. The quantitative estimate of drug-likeness (QED) is 0.637. The molecule has 1 amide bonds. The Labute approximate surface area is 140 Å². The summed E-state index contributed by atoms with van der Waals surface area (Å²) in [5.74, 6) is -0.248. The minimum atomic E-state index is -4.47. The van der Waals surface area contributed by atoms with E-state index in [2.05, 4.69) is 15.6 Å². The summed E-state index contributed by atoms with van der Waals surface area (Å²) in [6.45, 7) is 0.0995. The van der Waals surface area contributed by atoms with Crippen LogP contribution in [0.15, 0.2) is 28.7 Å². The fraction of sp³-hybridized carbons (Fsp3) is 0.400. The standard InChI is InChI=1S/C15H15F3N4OS/c16-15(17,18)13-8-12(10-3-4-10)22(21-13)6-5-14(23)20-19-9-11-2-1-7-24-11/h1-2,7-10H,3-6H2,(H,20,23)/b19-9+. The number of nitrogens with zero attached hydrogens (tertiary/aromatic N) is 3. The van der Waals surface area contributed by atoms with Gasteiger partial charge in [0.1, 0.15) is 0 Å². The predicted octanol–water partition coefficient (Wildman–Crippen LogP) is 3.38. The van der Waals surface area contributed by atoms with Crippen molar-refractivity contribution >= 4 is 23.5 Å². The number of amides is 1. The number of thiophene rings is 1. The van der Waals surface area contributed by atoms with E-state index in [0.29, 0.717) is 5.69 Å². The fourth-order valence-corrected chi connectivity index (χ4v) is 2.84. The molecule has 0 aromatic carbocycles. The molecule has 1 N–H and O–H groups in total. The smallest absolute Gasteiger partial charge is 0.273 e. The zero-order chi connectivity index (χ0) is 17.2. The second-order valence-corrected chi connectivity index (χ2v) is 6.49. The van der Waals surface area contributed by atoms with E-state index in [4.69, 9.17) is 0 Å². The van der Waals surface area contributed by atoms with Crippen LogP contribution in [0.4, 0.5) is 13.2 Å². The maximum absolute atomic E-state index is 12.8. The first-order valence-corrected chi connectivity index (χ1v) is 8.32. The van der Waals surface area contributed by atoms with Gasteiger partial charge in [-0.25, -0.2) is 5.43 Å². The normalized spacial score (nSPS) is 15.1. The maximum Gasteiger partial charge on any atom is 0.435 e. The van der Waals surface area contributed by atoms with Crippen LogP contribution >= 0.6 is 11.3 Å². The summed E-state index contributed by atoms with van der Waals surface area (Å²) >= 11 is 1.48. The van der Waals surface area contributed by atoms with Gasteiger partial charge >= 0.3 is 6.18 Å². The van der Waals surface area contributed by atoms with Crippen molar-refractivity contribution in [2.75, 3.05) is 0 Å². The Bertz CT molecular complexity index is 732. The van der Waals surface area contributed by atoms with Crippen molar-refractivity contribution in [3.63, 3.8) is 0 Å². The van der Waals surface area contributed by atoms with Gasteiger partial charge in [0.2, 0.25) is 5.91 Å². The van der Waals surface area contributed by atoms with Crippen LogP contribution in [0.3, 0.4) is 0 Å². The largest absolute Gasteiger partial charge is 0.435 e. The fourth-order valence-electron chi connectivity index (χ4n) is 2.25. The van der Waals surface area contributed by atoms with E-state index in [0.717, 1.165) is 23.8 Å². The van der Waals surface area contributed by atoms with Gasteiger partial charge in [0.25, 0.3) is 0 Å². The number of hydrogen-bond donors (Lipinski definition) is 1. The molecule has 24 heavy (non-hydrogen) atoms. The van der Waals surface area contributed by atoms with Crippen LogP contribution in [0, 0.1) is 0 Å². The molecule has 0 atom stereocenters. The number of hydrazone groups is 1. The van der Waals surface area contributed by atoms with E-state index >= 15 is 0 Å². The highest BCUT2D eigenvalue weighted by Gasteiger charge is 2.37. The van der Waals surface area contributed by atoms with Crippen LogP contribution in [0.5, 0.6) is 0 Å². The van der Waals surface area contributed by atoms with Gasteiger partial charge in [0.05, 0.1) is 12.8 Å². The van der Waals surface area contributed by atoms with E-state index in [9.17, 15) is 18.0 Å². The van der Waals surface area contributed by atoms with Gasteiger partial charge in [-0.15, -0.1) is 11.3 Å². The Morgan fingerprint density at radius 1 is 1.50 bits per heavy atom. The third-order valence-electron chi connectivity index (χ3n) is 3.57. The zero-order valence-corrected chi connectivity index (χ0v) is 13.4. The summed E-state index contributed by atoms with van der Waals surface area (Å²) < 4.78 is 39.7. The van der Waals surface area contributed by atoms with Crippen molar-refractivity contribution in [3.8, 4) is 0 Å². The van der Waals surface area contributed by atoms with Crippen molar-refractivity contribution in [2.45, 2.75) is 37.9 Å². The molecule has 2 aromatic heterocycles. The number of aryl methyl sites for hydroxylation is 1. The van der Waals surface area contributed by atoms with Crippen molar-refractivity contribution in [3.05, 3.63) is 39.8 Å². The molecule has 2 heterocycles. The number of nitrogens with one attached hydrogen (secondary N) is 1. The highest BCUT2D eigenvalue weighted by Crippen LogP contribution is 2.42. The SMILES string of the molecule is O=C(CCn1nc(C(F)(F)F)cc1C1CC1)N/N=C/c1cccs1. The van der Waals surface area contributed by atoms with Crippen LogP contribution in [0.25, 0.3) is 0 Å². The molecule has 1 fully saturated rings. The molecular weight excluding hydrogens is 341 g/mol. The number of hydrogen-bond acceptors (Lipinski definition) is 4. The third-order valence-corrected chi connectivity index (χ3v) is 4.38. The van der Waals surface area contributed by atoms with E-state index in [1.54, 1.807) is 0 Å². The van der Waals surface area contributed by atoms with Crippen LogP contribution in [-0.4, -0.2) is 21.9 Å².